The summed E-state index contributed by atoms with van der Waals surface area (Å²) in [4.78, 5) is 0. The van der Waals surface area contributed by atoms with Crippen LogP contribution in [0.5, 0.6) is 0 Å². The molecule has 1 unspecified atom stereocenters. The van der Waals surface area contributed by atoms with Crippen molar-refractivity contribution in [3.05, 3.63) is 23.3 Å². The van der Waals surface area contributed by atoms with Crippen LogP contribution in [0.25, 0.3) is 0 Å². The molecule has 0 radical (unpaired) electrons. The SMILES string of the molecule is CC1=CCC(C)(OC2CCC(C3CCC(C)CC3)CC2)C(C)=C1. The molecule has 3 rings (SSSR count). The minimum atomic E-state index is -0.0583. The first-order valence-corrected chi connectivity index (χ1v) is 9.99. The molecule has 0 spiro atoms. The van der Waals surface area contributed by atoms with E-state index in [-0.39, 0.29) is 5.60 Å². The van der Waals surface area contributed by atoms with Crippen LogP contribution in [0, 0.1) is 17.8 Å². The van der Waals surface area contributed by atoms with Crippen LogP contribution in [0.1, 0.15) is 85.5 Å². The van der Waals surface area contributed by atoms with E-state index in [1.165, 1.54) is 62.5 Å². The van der Waals surface area contributed by atoms with Gasteiger partial charge in [0.2, 0.25) is 0 Å². The van der Waals surface area contributed by atoms with Gasteiger partial charge in [-0.15, -0.1) is 0 Å². The van der Waals surface area contributed by atoms with E-state index in [0.29, 0.717) is 6.10 Å². The number of rotatable bonds is 3. The maximum absolute atomic E-state index is 6.62. The minimum Gasteiger partial charge on any atom is -0.367 e. The lowest BCUT2D eigenvalue weighted by Crippen LogP contribution is -2.38. The predicted molar refractivity (Wildman–Crippen MR) is 98.5 cm³/mol. The predicted octanol–water partition coefficient (Wildman–Crippen LogP) is 6.44. The first kappa shape index (κ1) is 17.3. The highest BCUT2D eigenvalue weighted by atomic mass is 16.5. The smallest absolute Gasteiger partial charge is 0.0902 e. The van der Waals surface area contributed by atoms with Crippen molar-refractivity contribution in [2.24, 2.45) is 17.8 Å². The highest BCUT2D eigenvalue weighted by Gasteiger charge is 2.35. The molecule has 0 heterocycles. The fraction of sp³-hybridized carbons (Fsp3) is 0.818. The molecular formula is C22H36O. The van der Waals surface area contributed by atoms with Crippen molar-refractivity contribution >= 4 is 0 Å². The number of allylic oxidation sites excluding steroid dienone is 2. The third-order valence-electron chi connectivity index (χ3n) is 6.96. The van der Waals surface area contributed by atoms with Crippen molar-refractivity contribution in [1.29, 1.82) is 0 Å². The van der Waals surface area contributed by atoms with Gasteiger partial charge in [-0.2, -0.15) is 0 Å². The molecule has 0 aliphatic heterocycles. The monoisotopic (exact) mass is 316 g/mol. The summed E-state index contributed by atoms with van der Waals surface area (Å²) < 4.78 is 6.62. The van der Waals surface area contributed by atoms with Gasteiger partial charge in [0, 0.05) is 0 Å². The van der Waals surface area contributed by atoms with Crippen LogP contribution in [0.4, 0.5) is 0 Å². The van der Waals surface area contributed by atoms with Crippen molar-refractivity contribution in [2.45, 2.75) is 97.2 Å². The Bertz CT molecular complexity index is 458. The molecule has 0 aromatic carbocycles. The summed E-state index contributed by atoms with van der Waals surface area (Å²) >= 11 is 0. The largest absolute Gasteiger partial charge is 0.367 e. The Hall–Kier alpha value is -0.560. The van der Waals surface area contributed by atoms with Gasteiger partial charge in [0.25, 0.3) is 0 Å². The second-order valence-electron chi connectivity index (χ2n) is 8.89. The highest BCUT2D eigenvalue weighted by Crippen LogP contribution is 2.42. The molecule has 2 saturated carbocycles. The van der Waals surface area contributed by atoms with Gasteiger partial charge >= 0.3 is 0 Å². The van der Waals surface area contributed by atoms with E-state index in [4.69, 9.17) is 4.74 Å². The normalized spacial score (nSPS) is 42.1. The minimum absolute atomic E-state index is 0.0583. The molecule has 130 valence electrons. The molecule has 0 N–H and O–H groups in total. The third kappa shape index (κ3) is 4.10. The van der Waals surface area contributed by atoms with Crippen LogP contribution in [0.2, 0.25) is 0 Å². The van der Waals surface area contributed by atoms with Gasteiger partial charge in [-0.3, -0.25) is 0 Å². The van der Waals surface area contributed by atoms with E-state index in [1.807, 2.05) is 0 Å². The molecular weight excluding hydrogens is 280 g/mol. The topological polar surface area (TPSA) is 9.23 Å². The van der Waals surface area contributed by atoms with E-state index >= 15 is 0 Å². The lowest BCUT2D eigenvalue weighted by molar-refractivity contribution is -0.0809. The average Bonchev–Trinajstić information content (AvgIpc) is 2.53. The molecule has 1 atom stereocenters. The Balaban J connectivity index is 1.49. The lowest BCUT2D eigenvalue weighted by atomic mass is 9.71. The first-order chi connectivity index (χ1) is 11.0. The fourth-order valence-corrected chi connectivity index (χ4v) is 5.01. The second kappa shape index (κ2) is 7.13. The average molecular weight is 317 g/mol. The van der Waals surface area contributed by atoms with Gasteiger partial charge in [0.05, 0.1) is 11.7 Å². The van der Waals surface area contributed by atoms with Crippen LogP contribution in [0.3, 0.4) is 0 Å². The summed E-state index contributed by atoms with van der Waals surface area (Å²) in [6, 6.07) is 0. The number of ether oxygens (including phenoxy) is 1. The molecule has 0 bridgehead atoms. The highest BCUT2D eigenvalue weighted by molar-refractivity contribution is 5.32. The Morgan fingerprint density at radius 1 is 0.913 bits per heavy atom. The molecule has 0 aromatic rings. The Morgan fingerprint density at radius 3 is 2.04 bits per heavy atom. The summed E-state index contributed by atoms with van der Waals surface area (Å²) in [5.74, 6) is 2.98. The summed E-state index contributed by atoms with van der Waals surface area (Å²) in [5.41, 5.74) is 2.73. The molecule has 0 aromatic heterocycles. The van der Waals surface area contributed by atoms with Crippen LogP contribution in [-0.4, -0.2) is 11.7 Å². The van der Waals surface area contributed by atoms with Crippen molar-refractivity contribution in [1.82, 2.24) is 0 Å². The molecule has 0 saturated heterocycles. The van der Waals surface area contributed by atoms with Crippen molar-refractivity contribution < 1.29 is 4.74 Å². The third-order valence-corrected chi connectivity index (χ3v) is 6.96. The van der Waals surface area contributed by atoms with Crippen molar-refractivity contribution in [2.75, 3.05) is 0 Å². The van der Waals surface area contributed by atoms with Crippen molar-refractivity contribution in [3.8, 4) is 0 Å². The summed E-state index contributed by atoms with van der Waals surface area (Å²) in [7, 11) is 0. The van der Waals surface area contributed by atoms with E-state index < -0.39 is 0 Å². The molecule has 1 nitrogen and oxygen atoms in total. The Labute approximate surface area is 143 Å². The summed E-state index contributed by atoms with van der Waals surface area (Å²) in [5, 5.41) is 0. The molecule has 3 aliphatic carbocycles. The zero-order valence-electron chi connectivity index (χ0n) is 15.7. The van der Waals surface area contributed by atoms with E-state index in [0.717, 1.165) is 24.2 Å². The van der Waals surface area contributed by atoms with E-state index in [1.54, 1.807) is 0 Å². The molecule has 3 aliphatic rings. The molecule has 0 amide bonds. The lowest BCUT2D eigenvalue weighted by Gasteiger charge is -2.41. The van der Waals surface area contributed by atoms with Crippen LogP contribution < -0.4 is 0 Å². The van der Waals surface area contributed by atoms with Crippen LogP contribution in [0.15, 0.2) is 23.3 Å². The number of hydrogen-bond donors (Lipinski definition) is 0. The van der Waals surface area contributed by atoms with Crippen LogP contribution >= 0.6 is 0 Å². The summed E-state index contributed by atoms with van der Waals surface area (Å²) in [6.45, 7) is 9.15. The molecule has 1 heteroatoms. The zero-order chi connectivity index (χ0) is 16.4. The number of hydrogen-bond acceptors (Lipinski definition) is 1. The molecule has 2 fully saturated rings. The Kier molecular flexibility index (Phi) is 5.35. The summed E-state index contributed by atoms with van der Waals surface area (Å²) in [6.07, 6.45) is 17.4. The zero-order valence-corrected chi connectivity index (χ0v) is 15.7. The van der Waals surface area contributed by atoms with Gasteiger partial charge in [-0.25, -0.2) is 0 Å². The van der Waals surface area contributed by atoms with E-state index in [9.17, 15) is 0 Å². The maximum Gasteiger partial charge on any atom is 0.0902 e. The quantitative estimate of drug-likeness (QED) is 0.582. The van der Waals surface area contributed by atoms with E-state index in [2.05, 4.69) is 39.8 Å². The Morgan fingerprint density at radius 2 is 1.48 bits per heavy atom. The fourth-order valence-electron chi connectivity index (χ4n) is 5.01. The standard InChI is InChI=1S/C22H36O/c1-16-5-7-19(8-6-16)20-9-11-21(12-10-20)23-22(4)14-13-17(2)15-18(22)3/h13,15-16,19-21H,5-12,14H2,1-4H3. The van der Waals surface area contributed by atoms with Crippen LogP contribution in [-0.2, 0) is 4.74 Å². The van der Waals surface area contributed by atoms with Gasteiger partial charge in [0.15, 0.2) is 0 Å². The van der Waals surface area contributed by atoms with Crippen molar-refractivity contribution in [3.63, 3.8) is 0 Å². The van der Waals surface area contributed by atoms with Gasteiger partial charge < -0.3 is 4.74 Å². The van der Waals surface area contributed by atoms with Gasteiger partial charge in [0.1, 0.15) is 0 Å². The first-order valence-electron chi connectivity index (χ1n) is 9.99. The van der Waals surface area contributed by atoms with Gasteiger partial charge in [-0.05, 0) is 89.0 Å². The maximum atomic E-state index is 6.62. The van der Waals surface area contributed by atoms with Gasteiger partial charge in [-0.1, -0.05) is 37.5 Å². The second-order valence-corrected chi connectivity index (χ2v) is 8.89. The molecule has 23 heavy (non-hydrogen) atoms.